The quantitative estimate of drug-likeness (QED) is 0.936. The van der Waals surface area contributed by atoms with Crippen LogP contribution in [0.1, 0.15) is 32.2 Å². The highest BCUT2D eigenvalue weighted by molar-refractivity contribution is 6.31. The summed E-state index contributed by atoms with van der Waals surface area (Å²) in [7, 11) is 0. The van der Waals surface area contributed by atoms with E-state index >= 15 is 0 Å². The first-order chi connectivity index (χ1) is 9.69. The molecule has 0 radical (unpaired) electrons. The Morgan fingerprint density at radius 2 is 2.05 bits per heavy atom. The lowest BCUT2D eigenvalue weighted by Gasteiger charge is -2.32. The Bertz CT molecular complexity index is 656. The van der Waals surface area contributed by atoms with E-state index in [-0.39, 0.29) is 18.1 Å². The van der Waals surface area contributed by atoms with Gasteiger partial charge in [-0.1, -0.05) is 18.5 Å². The maximum absolute atomic E-state index is 12.2. The van der Waals surface area contributed by atoms with Crippen molar-refractivity contribution in [1.82, 2.24) is 14.5 Å². The minimum atomic E-state index is -0.0174. The molecule has 0 bridgehead atoms. The van der Waals surface area contributed by atoms with Gasteiger partial charge in [-0.25, -0.2) is 4.79 Å². The molecule has 21 heavy (non-hydrogen) atoms. The monoisotopic (exact) mass is 329 g/mol. The summed E-state index contributed by atoms with van der Waals surface area (Å²) in [6, 6.07) is 5.90. The molecule has 0 unspecified atom stereocenters. The topological polar surface area (TPSA) is 41.0 Å². The van der Waals surface area contributed by atoms with E-state index in [4.69, 9.17) is 11.6 Å². The van der Waals surface area contributed by atoms with Crippen molar-refractivity contribution in [2.45, 2.75) is 32.2 Å². The first-order valence-corrected chi connectivity index (χ1v) is 7.69. The summed E-state index contributed by atoms with van der Waals surface area (Å²) < 4.78 is 1.91. The number of nitrogens with one attached hydrogen (secondary N) is 1. The SMILES string of the molecule is CCCN1CCC(n2c(=O)[nH]c3cc(Cl)ccc32)CC1.Cl. The highest BCUT2D eigenvalue weighted by Crippen LogP contribution is 2.26. The molecule has 116 valence electrons. The molecule has 1 aliphatic heterocycles. The van der Waals surface area contributed by atoms with E-state index in [2.05, 4.69) is 16.8 Å². The van der Waals surface area contributed by atoms with Crippen LogP contribution in [0.5, 0.6) is 0 Å². The molecule has 0 spiro atoms. The van der Waals surface area contributed by atoms with Crippen LogP contribution in [-0.2, 0) is 0 Å². The molecular weight excluding hydrogens is 309 g/mol. The zero-order valence-electron chi connectivity index (χ0n) is 12.1. The minimum Gasteiger partial charge on any atom is -0.305 e. The molecule has 1 saturated heterocycles. The number of likely N-dealkylation sites (tertiary alicyclic amines) is 1. The van der Waals surface area contributed by atoms with E-state index in [1.807, 2.05) is 22.8 Å². The van der Waals surface area contributed by atoms with Crippen LogP contribution >= 0.6 is 24.0 Å². The van der Waals surface area contributed by atoms with Crippen molar-refractivity contribution < 1.29 is 0 Å². The Morgan fingerprint density at radius 3 is 2.71 bits per heavy atom. The van der Waals surface area contributed by atoms with Crippen molar-refractivity contribution in [3.63, 3.8) is 0 Å². The third-order valence-corrected chi connectivity index (χ3v) is 4.38. The van der Waals surface area contributed by atoms with Gasteiger partial charge >= 0.3 is 5.69 Å². The lowest BCUT2D eigenvalue weighted by atomic mass is 10.0. The second-order valence-electron chi connectivity index (χ2n) is 5.53. The Morgan fingerprint density at radius 1 is 1.33 bits per heavy atom. The number of hydrogen-bond acceptors (Lipinski definition) is 2. The normalized spacial score (nSPS) is 17.0. The van der Waals surface area contributed by atoms with Crippen molar-refractivity contribution in [3.05, 3.63) is 33.7 Å². The smallest absolute Gasteiger partial charge is 0.305 e. The van der Waals surface area contributed by atoms with Crippen LogP contribution in [0.3, 0.4) is 0 Å². The molecule has 1 fully saturated rings. The molecule has 0 atom stereocenters. The number of imidazole rings is 1. The lowest BCUT2D eigenvalue weighted by Crippen LogP contribution is -2.37. The first kappa shape index (κ1) is 16.4. The summed E-state index contributed by atoms with van der Waals surface area (Å²) in [4.78, 5) is 17.6. The van der Waals surface area contributed by atoms with E-state index in [1.165, 1.54) is 6.42 Å². The number of halogens is 2. The zero-order chi connectivity index (χ0) is 14.1. The molecule has 1 aliphatic rings. The third-order valence-electron chi connectivity index (χ3n) is 4.14. The van der Waals surface area contributed by atoms with Crippen LogP contribution in [-0.4, -0.2) is 34.1 Å². The van der Waals surface area contributed by atoms with Crippen LogP contribution in [0.2, 0.25) is 5.02 Å². The molecule has 2 heterocycles. The van der Waals surface area contributed by atoms with Gasteiger partial charge in [-0.2, -0.15) is 0 Å². The molecule has 4 nitrogen and oxygen atoms in total. The number of aromatic nitrogens is 2. The average molecular weight is 330 g/mol. The van der Waals surface area contributed by atoms with Gasteiger partial charge in [0, 0.05) is 24.2 Å². The zero-order valence-corrected chi connectivity index (χ0v) is 13.7. The van der Waals surface area contributed by atoms with Gasteiger partial charge in [0.25, 0.3) is 0 Å². The number of hydrogen-bond donors (Lipinski definition) is 1. The molecule has 1 N–H and O–H groups in total. The summed E-state index contributed by atoms with van der Waals surface area (Å²) >= 11 is 5.98. The van der Waals surface area contributed by atoms with Gasteiger partial charge in [-0.05, 0) is 44.0 Å². The molecule has 0 aliphatic carbocycles. The van der Waals surface area contributed by atoms with Crippen LogP contribution < -0.4 is 5.69 Å². The van der Waals surface area contributed by atoms with E-state index < -0.39 is 0 Å². The molecule has 1 aromatic heterocycles. The number of H-pyrrole nitrogens is 1. The summed E-state index contributed by atoms with van der Waals surface area (Å²) in [5.74, 6) is 0. The van der Waals surface area contributed by atoms with Gasteiger partial charge < -0.3 is 9.88 Å². The molecule has 6 heteroatoms. The van der Waals surface area contributed by atoms with Crippen molar-refractivity contribution in [3.8, 4) is 0 Å². The fraction of sp³-hybridized carbons (Fsp3) is 0.533. The Kier molecular flexibility index (Phi) is 5.36. The van der Waals surface area contributed by atoms with Crippen LogP contribution in [0.15, 0.2) is 23.0 Å². The standard InChI is InChI=1S/C15H20ClN3O.ClH/c1-2-7-18-8-5-12(6-9-18)19-14-4-3-11(16)10-13(14)17-15(19)20;/h3-4,10,12H,2,5-9H2,1H3,(H,17,20);1H. The number of fused-ring (bicyclic) bond motifs is 1. The van der Waals surface area contributed by atoms with Gasteiger partial charge in [0.05, 0.1) is 11.0 Å². The Hall–Kier alpha value is -0.970. The van der Waals surface area contributed by atoms with E-state index in [0.29, 0.717) is 11.1 Å². The number of piperidine rings is 1. The third kappa shape index (κ3) is 3.28. The molecule has 0 saturated carbocycles. The number of benzene rings is 1. The number of nitrogens with zero attached hydrogens (tertiary/aromatic N) is 2. The summed E-state index contributed by atoms with van der Waals surface area (Å²) in [5.41, 5.74) is 1.78. The van der Waals surface area contributed by atoms with Crippen molar-refractivity contribution in [1.29, 1.82) is 0 Å². The minimum absolute atomic E-state index is 0. The molecule has 2 aromatic rings. The predicted molar refractivity (Wildman–Crippen MR) is 89.8 cm³/mol. The second-order valence-corrected chi connectivity index (χ2v) is 5.97. The largest absolute Gasteiger partial charge is 0.326 e. The van der Waals surface area contributed by atoms with Crippen LogP contribution in [0.25, 0.3) is 11.0 Å². The Labute approximate surface area is 135 Å². The maximum Gasteiger partial charge on any atom is 0.326 e. The number of rotatable bonds is 3. The summed E-state index contributed by atoms with van der Waals surface area (Å²) in [5, 5.41) is 0.656. The average Bonchev–Trinajstić information content (AvgIpc) is 2.75. The lowest BCUT2D eigenvalue weighted by molar-refractivity contribution is 0.187. The molecule has 3 rings (SSSR count). The van der Waals surface area contributed by atoms with Gasteiger partial charge in [0.2, 0.25) is 0 Å². The first-order valence-electron chi connectivity index (χ1n) is 7.31. The molecule has 1 aromatic carbocycles. The Balaban J connectivity index is 0.00000161. The van der Waals surface area contributed by atoms with Crippen LogP contribution in [0.4, 0.5) is 0 Å². The fourth-order valence-electron chi connectivity index (χ4n) is 3.18. The van der Waals surface area contributed by atoms with E-state index in [0.717, 1.165) is 43.5 Å². The van der Waals surface area contributed by atoms with Gasteiger partial charge in [0.15, 0.2) is 0 Å². The number of aromatic amines is 1. The highest BCUT2D eigenvalue weighted by Gasteiger charge is 2.23. The van der Waals surface area contributed by atoms with Crippen molar-refractivity contribution >= 4 is 35.0 Å². The maximum atomic E-state index is 12.2. The fourth-order valence-corrected chi connectivity index (χ4v) is 3.36. The van der Waals surface area contributed by atoms with Crippen molar-refractivity contribution in [2.24, 2.45) is 0 Å². The second kappa shape index (κ2) is 6.86. The van der Waals surface area contributed by atoms with Gasteiger partial charge in [-0.3, -0.25) is 4.57 Å². The highest BCUT2D eigenvalue weighted by atomic mass is 35.5. The predicted octanol–water partition coefficient (Wildman–Crippen LogP) is 3.45. The van der Waals surface area contributed by atoms with E-state index in [9.17, 15) is 4.79 Å². The van der Waals surface area contributed by atoms with Crippen molar-refractivity contribution in [2.75, 3.05) is 19.6 Å². The molecule has 0 amide bonds. The van der Waals surface area contributed by atoms with Gasteiger partial charge in [0.1, 0.15) is 0 Å². The van der Waals surface area contributed by atoms with E-state index in [1.54, 1.807) is 0 Å². The summed E-state index contributed by atoms with van der Waals surface area (Å²) in [6.45, 7) is 5.52. The van der Waals surface area contributed by atoms with Gasteiger partial charge in [-0.15, -0.1) is 12.4 Å². The summed E-state index contributed by atoms with van der Waals surface area (Å²) in [6.07, 6.45) is 3.27. The molecular formula is C15H21Cl2N3O. The van der Waals surface area contributed by atoms with Crippen LogP contribution in [0, 0.1) is 0 Å².